The smallest absolute Gasteiger partial charge is 0.118 e. The molecule has 2 rings (SSSR count). The summed E-state index contributed by atoms with van der Waals surface area (Å²) in [7, 11) is 1.66. The van der Waals surface area contributed by atoms with Crippen LogP contribution in [0.3, 0.4) is 0 Å². The predicted molar refractivity (Wildman–Crippen MR) is 73.0 cm³/mol. The number of methoxy groups -OCH3 is 1. The van der Waals surface area contributed by atoms with E-state index in [4.69, 9.17) is 4.74 Å². The molecule has 0 saturated carbocycles. The van der Waals surface area contributed by atoms with E-state index in [1.54, 1.807) is 7.11 Å². The van der Waals surface area contributed by atoms with Gasteiger partial charge in [-0.2, -0.15) is 0 Å². The number of benzene rings is 1. The predicted octanol–water partition coefficient (Wildman–Crippen LogP) is 2.13. The number of ether oxygens (including phenoxy) is 1. The monoisotopic (exact) mass is 249 g/mol. The second kappa shape index (κ2) is 5.72. The lowest BCUT2D eigenvalue weighted by atomic mass is 9.84. The van der Waals surface area contributed by atoms with E-state index in [2.05, 4.69) is 5.32 Å². The van der Waals surface area contributed by atoms with Crippen molar-refractivity contribution in [3.05, 3.63) is 29.8 Å². The summed E-state index contributed by atoms with van der Waals surface area (Å²) in [5.41, 5.74) is 0.461. The second-order valence-electron chi connectivity index (χ2n) is 5.38. The molecular weight excluding hydrogens is 226 g/mol. The summed E-state index contributed by atoms with van der Waals surface area (Å²) in [6, 6.07) is 8.14. The highest BCUT2D eigenvalue weighted by Gasteiger charge is 2.32. The molecule has 0 amide bonds. The van der Waals surface area contributed by atoms with Crippen LogP contribution in [-0.4, -0.2) is 30.4 Å². The Labute approximate surface area is 109 Å². The fraction of sp³-hybridized carbons (Fsp3) is 0.600. The average Bonchev–Trinajstić information content (AvgIpc) is 2.40. The van der Waals surface area contributed by atoms with Crippen LogP contribution in [0.4, 0.5) is 0 Å². The molecule has 0 bridgehead atoms. The molecule has 3 heteroatoms. The number of hydrogen-bond acceptors (Lipinski definition) is 3. The van der Waals surface area contributed by atoms with Gasteiger partial charge in [-0.05, 0) is 44.0 Å². The summed E-state index contributed by atoms with van der Waals surface area (Å²) < 4.78 is 5.14. The zero-order valence-corrected chi connectivity index (χ0v) is 11.3. The Kier molecular flexibility index (Phi) is 4.25. The largest absolute Gasteiger partial charge is 0.497 e. The Morgan fingerprint density at radius 3 is 2.61 bits per heavy atom. The van der Waals surface area contributed by atoms with Crippen molar-refractivity contribution in [1.82, 2.24) is 5.32 Å². The molecule has 100 valence electrons. The lowest BCUT2D eigenvalue weighted by Gasteiger charge is -2.36. The summed E-state index contributed by atoms with van der Waals surface area (Å²) in [6.45, 7) is 2.95. The van der Waals surface area contributed by atoms with Crippen LogP contribution in [0, 0.1) is 0 Å². The Hall–Kier alpha value is -1.06. The molecule has 2 unspecified atom stereocenters. The number of hydrogen-bond donors (Lipinski definition) is 2. The third-order valence-corrected chi connectivity index (χ3v) is 3.78. The van der Waals surface area contributed by atoms with Crippen molar-refractivity contribution in [3.8, 4) is 5.75 Å². The Morgan fingerprint density at radius 1 is 1.33 bits per heavy atom. The van der Waals surface area contributed by atoms with Gasteiger partial charge in [0.1, 0.15) is 5.75 Å². The van der Waals surface area contributed by atoms with E-state index in [1.165, 1.54) is 12.8 Å². The molecule has 18 heavy (non-hydrogen) atoms. The van der Waals surface area contributed by atoms with Crippen LogP contribution >= 0.6 is 0 Å². The normalized spacial score (nSPS) is 23.4. The highest BCUT2D eigenvalue weighted by Crippen LogP contribution is 2.24. The molecule has 1 aliphatic heterocycles. The summed E-state index contributed by atoms with van der Waals surface area (Å²) in [4.78, 5) is 0. The van der Waals surface area contributed by atoms with Crippen LogP contribution in [0.5, 0.6) is 5.75 Å². The van der Waals surface area contributed by atoms with Crippen LogP contribution in [0.2, 0.25) is 0 Å². The van der Waals surface area contributed by atoms with Crippen molar-refractivity contribution >= 4 is 0 Å². The van der Waals surface area contributed by atoms with Gasteiger partial charge in [-0.15, -0.1) is 0 Å². The second-order valence-corrected chi connectivity index (χ2v) is 5.38. The molecular formula is C15H23NO2. The van der Waals surface area contributed by atoms with E-state index in [9.17, 15) is 5.11 Å². The minimum atomic E-state index is -0.686. The van der Waals surface area contributed by atoms with Crippen LogP contribution in [-0.2, 0) is 6.42 Å². The molecule has 0 radical (unpaired) electrons. The van der Waals surface area contributed by atoms with Crippen molar-refractivity contribution in [2.24, 2.45) is 0 Å². The van der Waals surface area contributed by atoms with E-state index in [0.717, 1.165) is 24.3 Å². The molecule has 0 aromatic heterocycles. The SMILES string of the molecule is COc1ccc(CC(C)(O)C2CCCCN2)cc1. The van der Waals surface area contributed by atoms with Crippen LogP contribution in [0.25, 0.3) is 0 Å². The molecule has 1 heterocycles. The fourth-order valence-corrected chi connectivity index (χ4v) is 2.66. The zero-order chi connectivity index (χ0) is 13.0. The third-order valence-electron chi connectivity index (χ3n) is 3.78. The minimum Gasteiger partial charge on any atom is -0.497 e. The zero-order valence-electron chi connectivity index (χ0n) is 11.3. The fourth-order valence-electron chi connectivity index (χ4n) is 2.66. The van der Waals surface area contributed by atoms with Crippen LogP contribution in [0.15, 0.2) is 24.3 Å². The topological polar surface area (TPSA) is 41.5 Å². The number of nitrogens with one attached hydrogen (secondary N) is 1. The summed E-state index contributed by atoms with van der Waals surface area (Å²) in [5, 5.41) is 14.1. The number of aliphatic hydroxyl groups is 1. The highest BCUT2D eigenvalue weighted by molar-refractivity contribution is 5.28. The van der Waals surface area contributed by atoms with Gasteiger partial charge in [-0.3, -0.25) is 0 Å². The number of rotatable bonds is 4. The molecule has 1 aromatic carbocycles. The van der Waals surface area contributed by atoms with Gasteiger partial charge in [0.05, 0.1) is 12.7 Å². The van der Waals surface area contributed by atoms with E-state index >= 15 is 0 Å². The first kappa shape index (κ1) is 13.4. The van der Waals surface area contributed by atoms with Gasteiger partial charge in [0.2, 0.25) is 0 Å². The van der Waals surface area contributed by atoms with Crippen molar-refractivity contribution < 1.29 is 9.84 Å². The molecule has 2 atom stereocenters. The van der Waals surface area contributed by atoms with E-state index in [-0.39, 0.29) is 6.04 Å². The van der Waals surface area contributed by atoms with Gasteiger partial charge in [0.15, 0.2) is 0 Å². The third kappa shape index (κ3) is 3.24. The van der Waals surface area contributed by atoms with Gasteiger partial charge in [0, 0.05) is 12.5 Å². The Balaban J connectivity index is 2.01. The Bertz CT molecular complexity index is 367. The van der Waals surface area contributed by atoms with Crippen molar-refractivity contribution in [2.75, 3.05) is 13.7 Å². The number of piperidine rings is 1. The molecule has 1 fully saturated rings. The standard InChI is InChI=1S/C15H23NO2/c1-15(17,14-5-3-4-10-16-14)11-12-6-8-13(18-2)9-7-12/h6-9,14,16-17H,3-5,10-11H2,1-2H3. The molecule has 1 aliphatic rings. The molecule has 0 aliphatic carbocycles. The molecule has 2 N–H and O–H groups in total. The molecule has 1 aromatic rings. The van der Waals surface area contributed by atoms with E-state index < -0.39 is 5.60 Å². The van der Waals surface area contributed by atoms with Gasteiger partial charge in [-0.1, -0.05) is 18.6 Å². The maximum Gasteiger partial charge on any atom is 0.118 e. The summed E-state index contributed by atoms with van der Waals surface area (Å²) in [5.74, 6) is 0.856. The van der Waals surface area contributed by atoms with Crippen molar-refractivity contribution in [3.63, 3.8) is 0 Å². The maximum atomic E-state index is 10.6. The van der Waals surface area contributed by atoms with Gasteiger partial charge >= 0.3 is 0 Å². The first-order chi connectivity index (χ1) is 8.62. The average molecular weight is 249 g/mol. The summed E-state index contributed by atoms with van der Waals surface area (Å²) >= 11 is 0. The maximum absolute atomic E-state index is 10.6. The quantitative estimate of drug-likeness (QED) is 0.859. The Morgan fingerprint density at radius 2 is 2.06 bits per heavy atom. The van der Waals surface area contributed by atoms with Crippen molar-refractivity contribution in [1.29, 1.82) is 0 Å². The van der Waals surface area contributed by atoms with Crippen LogP contribution < -0.4 is 10.1 Å². The highest BCUT2D eigenvalue weighted by atomic mass is 16.5. The van der Waals surface area contributed by atoms with Crippen LogP contribution in [0.1, 0.15) is 31.7 Å². The minimum absolute atomic E-state index is 0.202. The summed E-state index contributed by atoms with van der Waals surface area (Å²) in [6.07, 6.45) is 4.16. The van der Waals surface area contributed by atoms with Gasteiger partial charge in [-0.25, -0.2) is 0 Å². The lowest BCUT2D eigenvalue weighted by Crippen LogP contribution is -2.52. The first-order valence-corrected chi connectivity index (χ1v) is 6.70. The van der Waals surface area contributed by atoms with E-state index in [0.29, 0.717) is 6.42 Å². The van der Waals surface area contributed by atoms with Gasteiger partial charge in [0.25, 0.3) is 0 Å². The molecule has 0 spiro atoms. The molecule has 3 nitrogen and oxygen atoms in total. The first-order valence-electron chi connectivity index (χ1n) is 6.70. The van der Waals surface area contributed by atoms with Gasteiger partial charge < -0.3 is 15.2 Å². The van der Waals surface area contributed by atoms with Crippen molar-refractivity contribution in [2.45, 2.75) is 44.2 Å². The van der Waals surface area contributed by atoms with E-state index in [1.807, 2.05) is 31.2 Å². The lowest BCUT2D eigenvalue weighted by molar-refractivity contribution is 0.0104. The molecule has 1 saturated heterocycles.